The SMILES string of the molecule is O=C(NC1CCOC2(CCOCC2)C1)C1CC1c1cccc(F)c1. The van der Waals surface area contributed by atoms with Crippen molar-refractivity contribution in [3.8, 4) is 0 Å². The van der Waals surface area contributed by atoms with E-state index in [1.54, 1.807) is 12.1 Å². The van der Waals surface area contributed by atoms with Gasteiger partial charge in [0.05, 0.1) is 5.60 Å². The molecule has 2 heterocycles. The van der Waals surface area contributed by atoms with Crippen molar-refractivity contribution in [2.24, 2.45) is 5.92 Å². The second kappa shape index (κ2) is 6.45. The molecular weight excluding hydrogens is 309 g/mol. The summed E-state index contributed by atoms with van der Waals surface area (Å²) < 4.78 is 24.8. The molecule has 1 saturated carbocycles. The van der Waals surface area contributed by atoms with Crippen LogP contribution < -0.4 is 5.32 Å². The normalized spacial score (nSPS) is 31.6. The van der Waals surface area contributed by atoms with E-state index in [4.69, 9.17) is 9.47 Å². The Morgan fingerprint density at radius 1 is 1.25 bits per heavy atom. The van der Waals surface area contributed by atoms with Gasteiger partial charge in [0, 0.05) is 31.8 Å². The largest absolute Gasteiger partial charge is 0.381 e. The lowest BCUT2D eigenvalue weighted by Crippen LogP contribution is -2.51. The minimum absolute atomic E-state index is 0.0136. The molecule has 1 aromatic carbocycles. The minimum Gasteiger partial charge on any atom is -0.381 e. The quantitative estimate of drug-likeness (QED) is 0.925. The Hall–Kier alpha value is -1.46. The van der Waals surface area contributed by atoms with Crippen molar-refractivity contribution in [2.45, 2.75) is 49.7 Å². The molecule has 1 N–H and O–H groups in total. The first-order valence-corrected chi connectivity index (χ1v) is 8.93. The lowest BCUT2D eigenvalue weighted by molar-refractivity contribution is -0.144. The van der Waals surface area contributed by atoms with Gasteiger partial charge in [0.25, 0.3) is 0 Å². The van der Waals surface area contributed by atoms with Gasteiger partial charge in [-0.3, -0.25) is 4.79 Å². The monoisotopic (exact) mass is 333 g/mol. The number of rotatable bonds is 3. The second-order valence-corrected chi connectivity index (χ2v) is 7.35. The van der Waals surface area contributed by atoms with Gasteiger partial charge >= 0.3 is 0 Å². The predicted octanol–water partition coefficient (Wildman–Crippen LogP) is 2.77. The van der Waals surface area contributed by atoms with Crippen LogP contribution in [-0.2, 0) is 14.3 Å². The van der Waals surface area contributed by atoms with Crippen molar-refractivity contribution in [3.05, 3.63) is 35.6 Å². The number of ether oxygens (including phenoxy) is 2. The Balaban J connectivity index is 1.33. The van der Waals surface area contributed by atoms with Gasteiger partial charge in [0.2, 0.25) is 5.91 Å². The molecule has 0 radical (unpaired) electrons. The molecule has 3 aliphatic rings. The number of nitrogens with one attached hydrogen (secondary N) is 1. The van der Waals surface area contributed by atoms with E-state index in [0.29, 0.717) is 6.61 Å². The molecule has 1 spiro atoms. The van der Waals surface area contributed by atoms with Crippen molar-refractivity contribution in [2.75, 3.05) is 19.8 Å². The van der Waals surface area contributed by atoms with Gasteiger partial charge in [-0.05, 0) is 55.7 Å². The van der Waals surface area contributed by atoms with E-state index in [-0.39, 0.29) is 35.2 Å². The first-order chi connectivity index (χ1) is 11.7. The Labute approximate surface area is 141 Å². The number of amides is 1. The van der Waals surface area contributed by atoms with Gasteiger partial charge in [-0.15, -0.1) is 0 Å². The summed E-state index contributed by atoms with van der Waals surface area (Å²) >= 11 is 0. The highest BCUT2D eigenvalue weighted by atomic mass is 19.1. The number of carbonyl (C=O) groups is 1. The molecule has 3 atom stereocenters. The maximum absolute atomic E-state index is 13.3. The highest BCUT2D eigenvalue weighted by Gasteiger charge is 2.46. The molecule has 0 bridgehead atoms. The van der Waals surface area contributed by atoms with Crippen LogP contribution in [0.15, 0.2) is 24.3 Å². The predicted molar refractivity (Wildman–Crippen MR) is 87.1 cm³/mol. The summed E-state index contributed by atoms with van der Waals surface area (Å²) in [7, 11) is 0. The Bertz CT molecular complexity index is 609. The summed E-state index contributed by atoms with van der Waals surface area (Å²) in [5, 5.41) is 3.21. The molecule has 3 fully saturated rings. The molecule has 2 saturated heterocycles. The molecule has 0 aromatic heterocycles. The molecule has 5 heteroatoms. The van der Waals surface area contributed by atoms with Crippen molar-refractivity contribution in [1.29, 1.82) is 0 Å². The fourth-order valence-corrected chi connectivity index (χ4v) is 4.14. The number of benzene rings is 1. The first-order valence-electron chi connectivity index (χ1n) is 8.93. The van der Waals surface area contributed by atoms with Gasteiger partial charge < -0.3 is 14.8 Å². The number of hydrogen-bond acceptors (Lipinski definition) is 3. The van der Waals surface area contributed by atoms with Gasteiger partial charge in [-0.1, -0.05) is 12.1 Å². The van der Waals surface area contributed by atoms with Crippen molar-refractivity contribution < 1.29 is 18.7 Å². The van der Waals surface area contributed by atoms with Crippen LogP contribution in [0.3, 0.4) is 0 Å². The third-order valence-corrected chi connectivity index (χ3v) is 5.65. The maximum Gasteiger partial charge on any atom is 0.223 e. The van der Waals surface area contributed by atoms with E-state index in [1.165, 1.54) is 6.07 Å². The number of carbonyl (C=O) groups excluding carboxylic acids is 1. The first kappa shape index (κ1) is 16.0. The Kier molecular flexibility index (Phi) is 4.31. The van der Waals surface area contributed by atoms with Gasteiger partial charge in [-0.25, -0.2) is 4.39 Å². The third kappa shape index (κ3) is 3.33. The van der Waals surface area contributed by atoms with Crippen LogP contribution in [-0.4, -0.2) is 37.4 Å². The van der Waals surface area contributed by atoms with Crippen LogP contribution in [0.25, 0.3) is 0 Å². The number of halogens is 1. The van der Waals surface area contributed by atoms with Crippen LogP contribution >= 0.6 is 0 Å². The number of hydrogen-bond donors (Lipinski definition) is 1. The van der Waals surface area contributed by atoms with Crippen LogP contribution in [0.5, 0.6) is 0 Å². The van der Waals surface area contributed by atoms with E-state index in [2.05, 4.69) is 5.32 Å². The summed E-state index contributed by atoms with van der Waals surface area (Å²) in [6.45, 7) is 2.18. The van der Waals surface area contributed by atoms with E-state index in [9.17, 15) is 9.18 Å². The smallest absolute Gasteiger partial charge is 0.223 e. The van der Waals surface area contributed by atoms with Gasteiger partial charge in [-0.2, -0.15) is 0 Å². The highest BCUT2D eigenvalue weighted by Crippen LogP contribution is 2.48. The maximum atomic E-state index is 13.3. The zero-order valence-corrected chi connectivity index (χ0v) is 13.8. The van der Waals surface area contributed by atoms with Crippen LogP contribution in [0.2, 0.25) is 0 Å². The molecule has 4 rings (SSSR count). The lowest BCUT2D eigenvalue weighted by Gasteiger charge is -2.43. The fraction of sp³-hybridized carbons (Fsp3) is 0.632. The average Bonchev–Trinajstić information content (AvgIpc) is 3.36. The van der Waals surface area contributed by atoms with Crippen molar-refractivity contribution >= 4 is 5.91 Å². The molecule has 2 aliphatic heterocycles. The van der Waals surface area contributed by atoms with Crippen LogP contribution in [0, 0.1) is 11.7 Å². The van der Waals surface area contributed by atoms with Crippen LogP contribution in [0.1, 0.15) is 43.6 Å². The lowest BCUT2D eigenvalue weighted by atomic mass is 9.84. The highest BCUT2D eigenvalue weighted by molar-refractivity contribution is 5.83. The topological polar surface area (TPSA) is 47.6 Å². The Morgan fingerprint density at radius 2 is 2.08 bits per heavy atom. The van der Waals surface area contributed by atoms with E-state index >= 15 is 0 Å². The summed E-state index contributed by atoms with van der Waals surface area (Å²) in [6, 6.07) is 6.79. The molecule has 1 aliphatic carbocycles. The zero-order valence-electron chi connectivity index (χ0n) is 13.8. The summed E-state index contributed by atoms with van der Waals surface area (Å²) in [6.07, 6.45) is 4.38. The van der Waals surface area contributed by atoms with Crippen LogP contribution in [0.4, 0.5) is 4.39 Å². The summed E-state index contributed by atoms with van der Waals surface area (Å²) in [5.74, 6) is 0.0284. The molecule has 24 heavy (non-hydrogen) atoms. The average molecular weight is 333 g/mol. The molecule has 130 valence electrons. The fourth-order valence-electron chi connectivity index (χ4n) is 4.14. The minimum atomic E-state index is -0.232. The van der Waals surface area contributed by atoms with Crippen molar-refractivity contribution in [1.82, 2.24) is 5.32 Å². The van der Waals surface area contributed by atoms with E-state index in [1.807, 2.05) is 6.07 Å². The molecule has 3 unspecified atom stereocenters. The van der Waals surface area contributed by atoms with E-state index < -0.39 is 0 Å². The standard InChI is InChI=1S/C19H24FNO3/c20-14-3-1-2-13(10-14)16-11-17(16)18(22)21-15-4-7-24-19(12-15)5-8-23-9-6-19/h1-3,10,15-17H,4-9,11-12H2,(H,21,22). The molecular formula is C19H24FNO3. The van der Waals surface area contributed by atoms with Gasteiger partial charge in [0.15, 0.2) is 0 Å². The van der Waals surface area contributed by atoms with Gasteiger partial charge in [0.1, 0.15) is 5.82 Å². The Morgan fingerprint density at radius 3 is 2.88 bits per heavy atom. The summed E-state index contributed by atoms with van der Waals surface area (Å²) in [4.78, 5) is 12.5. The summed E-state index contributed by atoms with van der Waals surface area (Å²) in [5.41, 5.74) is 0.822. The molecule has 4 nitrogen and oxygen atoms in total. The van der Waals surface area contributed by atoms with Crippen molar-refractivity contribution in [3.63, 3.8) is 0 Å². The second-order valence-electron chi connectivity index (χ2n) is 7.35. The third-order valence-electron chi connectivity index (χ3n) is 5.65. The zero-order chi connectivity index (χ0) is 16.6. The molecule has 1 aromatic rings. The molecule has 1 amide bonds. The van der Waals surface area contributed by atoms with E-state index in [0.717, 1.165) is 50.9 Å².